The van der Waals surface area contributed by atoms with Crippen LogP contribution in [0.1, 0.15) is 88.7 Å². The van der Waals surface area contributed by atoms with Crippen molar-refractivity contribution in [2.45, 2.75) is 85.4 Å². The molecule has 292 valence electrons. The van der Waals surface area contributed by atoms with E-state index >= 15 is 0 Å². The van der Waals surface area contributed by atoms with E-state index in [1.165, 1.54) is 38.4 Å². The summed E-state index contributed by atoms with van der Waals surface area (Å²) >= 11 is 0. The van der Waals surface area contributed by atoms with Crippen molar-refractivity contribution in [2.75, 3.05) is 9.80 Å². The molecule has 0 bridgehead atoms. The van der Waals surface area contributed by atoms with Gasteiger partial charge in [-0.25, -0.2) is 0 Å². The molecule has 2 aliphatic rings. The van der Waals surface area contributed by atoms with Crippen LogP contribution < -0.4 is 26.2 Å². The predicted molar refractivity (Wildman–Crippen MR) is 256 cm³/mol. The second kappa shape index (κ2) is 13.0. The first-order valence-electron chi connectivity index (χ1n) is 22.6. The number of hydrogen-bond acceptors (Lipinski definition) is 2. The van der Waals surface area contributed by atoms with Gasteiger partial charge in [-0.1, -0.05) is 141 Å². The number of benzene rings is 7. The van der Waals surface area contributed by atoms with E-state index in [0.717, 1.165) is 56.3 Å². The summed E-state index contributed by atoms with van der Waals surface area (Å²) in [6.07, 6.45) is 0. The minimum atomic E-state index is -2.36. The van der Waals surface area contributed by atoms with E-state index in [2.05, 4.69) is 210 Å². The van der Waals surface area contributed by atoms with Crippen molar-refractivity contribution in [2.24, 2.45) is 0 Å². The lowest BCUT2D eigenvalue weighted by atomic mass is 9.33. The van der Waals surface area contributed by atoms with E-state index in [4.69, 9.17) is 4.11 Å². The standard InChI is InChI=1S/C55H54BN3/c1-35-31-50-52-51(32-35)58(40-26-21-37(22-27-40)54(5,6)7)49-34-41(59-46-17-13-11-15-42(46)43-16-12-14-18-47(43)59)28-29-44(49)56(52)45-33-38(55(8,9)10)23-30-48(45)57(50)39-24-19-36(20-25-39)53(2,3)4/h11-34H,1-10H3/i1D3. The molecule has 0 N–H and O–H groups in total. The van der Waals surface area contributed by atoms with Crippen LogP contribution in [0.3, 0.4) is 0 Å². The number of aryl methyl sites for hydroxylation is 1. The molecular formula is C55H54BN3. The normalized spacial score (nSPS) is 14.8. The van der Waals surface area contributed by atoms with Crippen molar-refractivity contribution < 1.29 is 4.11 Å². The largest absolute Gasteiger partial charge is 0.311 e. The summed E-state index contributed by atoms with van der Waals surface area (Å²) in [5.41, 5.74) is 16.6. The van der Waals surface area contributed by atoms with Crippen molar-refractivity contribution in [1.82, 2.24) is 4.57 Å². The molecule has 59 heavy (non-hydrogen) atoms. The number of hydrogen-bond donors (Lipinski definition) is 0. The third kappa shape index (κ3) is 5.94. The maximum absolute atomic E-state index is 8.93. The summed E-state index contributed by atoms with van der Waals surface area (Å²) in [4.78, 5) is 4.65. The van der Waals surface area contributed by atoms with Gasteiger partial charge < -0.3 is 14.4 Å². The van der Waals surface area contributed by atoms with E-state index in [-0.39, 0.29) is 23.0 Å². The molecule has 0 radical (unpaired) electrons. The summed E-state index contributed by atoms with van der Waals surface area (Å²) in [6.45, 7) is 17.7. The Kier molecular flexibility index (Phi) is 7.48. The fourth-order valence-electron chi connectivity index (χ4n) is 9.57. The van der Waals surface area contributed by atoms with Gasteiger partial charge in [0.15, 0.2) is 0 Å². The first kappa shape index (κ1) is 33.9. The first-order valence-corrected chi connectivity index (χ1v) is 21.1. The van der Waals surface area contributed by atoms with Crippen molar-refractivity contribution >= 4 is 79.0 Å². The van der Waals surface area contributed by atoms with Crippen LogP contribution in [0.4, 0.5) is 34.1 Å². The van der Waals surface area contributed by atoms with Gasteiger partial charge in [-0.05, 0) is 128 Å². The lowest BCUT2D eigenvalue weighted by Gasteiger charge is -2.45. The van der Waals surface area contributed by atoms with Crippen LogP contribution in [0.25, 0.3) is 27.5 Å². The van der Waals surface area contributed by atoms with Gasteiger partial charge in [0.2, 0.25) is 0 Å². The Hall–Kier alpha value is -6.00. The zero-order valence-corrected chi connectivity index (χ0v) is 35.8. The molecule has 3 nitrogen and oxygen atoms in total. The number of nitrogens with zero attached hydrogens (tertiary/aromatic N) is 3. The van der Waals surface area contributed by atoms with E-state index in [0.29, 0.717) is 5.56 Å². The average Bonchev–Trinajstić information content (AvgIpc) is 3.56. The molecule has 0 saturated carbocycles. The summed E-state index contributed by atoms with van der Waals surface area (Å²) in [5.74, 6) is 0. The number of rotatable bonds is 3. The SMILES string of the molecule is [2H]C([2H])([2H])c1cc2c3c(c1)N(c1ccc(C(C)(C)C)cc1)c1cc(-n4c5ccccc5c5ccccc54)ccc1B3c1cc(C(C)(C)C)ccc1N2c1ccc(C(C)(C)C)cc1. The van der Waals surface area contributed by atoms with Crippen LogP contribution in [-0.2, 0) is 16.2 Å². The van der Waals surface area contributed by atoms with Crippen molar-refractivity contribution in [3.8, 4) is 5.69 Å². The van der Waals surface area contributed by atoms with Gasteiger partial charge in [-0.2, -0.15) is 0 Å². The topological polar surface area (TPSA) is 11.4 Å². The quantitative estimate of drug-likeness (QED) is 0.166. The van der Waals surface area contributed by atoms with Crippen molar-refractivity contribution in [1.29, 1.82) is 0 Å². The Labute approximate surface area is 355 Å². The van der Waals surface area contributed by atoms with Crippen LogP contribution in [0.15, 0.2) is 146 Å². The highest BCUT2D eigenvalue weighted by Gasteiger charge is 2.44. The highest BCUT2D eigenvalue weighted by atomic mass is 15.2. The smallest absolute Gasteiger partial charge is 0.252 e. The number of para-hydroxylation sites is 2. The molecule has 2 aliphatic heterocycles. The molecule has 0 fully saturated rings. The fraction of sp³-hybridized carbons (Fsp3) is 0.236. The zero-order valence-electron chi connectivity index (χ0n) is 38.8. The summed E-state index contributed by atoms with van der Waals surface area (Å²) in [5, 5.41) is 2.42. The number of anilines is 6. The molecule has 0 aliphatic carbocycles. The summed E-state index contributed by atoms with van der Waals surface area (Å²) in [7, 11) is 0. The Balaban J connectivity index is 1.31. The highest BCUT2D eigenvalue weighted by molar-refractivity contribution is 7.00. The van der Waals surface area contributed by atoms with Crippen LogP contribution in [0.2, 0.25) is 0 Å². The molecule has 1 aromatic heterocycles. The van der Waals surface area contributed by atoms with Gasteiger partial charge in [-0.15, -0.1) is 0 Å². The molecular weight excluding hydrogens is 713 g/mol. The lowest BCUT2D eigenvalue weighted by molar-refractivity contribution is 0.590. The molecule has 0 unspecified atom stereocenters. The summed E-state index contributed by atoms with van der Waals surface area (Å²) < 4.78 is 29.2. The van der Waals surface area contributed by atoms with E-state index in [1.807, 2.05) is 12.1 Å². The van der Waals surface area contributed by atoms with Gasteiger partial charge in [0, 0.05) is 54.7 Å². The second-order valence-corrected chi connectivity index (χ2v) is 19.8. The molecule has 0 amide bonds. The molecule has 0 spiro atoms. The van der Waals surface area contributed by atoms with Gasteiger partial charge in [-0.3, -0.25) is 0 Å². The summed E-state index contributed by atoms with van der Waals surface area (Å²) in [6, 6.07) is 52.8. The number of aromatic nitrogens is 1. The van der Waals surface area contributed by atoms with Crippen molar-refractivity contribution in [3.63, 3.8) is 0 Å². The molecule has 10 rings (SSSR count). The molecule has 3 heterocycles. The van der Waals surface area contributed by atoms with Crippen molar-refractivity contribution in [3.05, 3.63) is 168 Å². The van der Waals surface area contributed by atoms with Crippen LogP contribution in [-0.4, -0.2) is 11.3 Å². The highest BCUT2D eigenvalue weighted by Crippen LogP contribution is 2.46. The predicted octanol–water partition coefficient (Wildman–Crippen LogP) is 13.1. The van der Waals surface area contributed by atoms with E-state index < -0.39 is 6.85 Å². The second-order valence-electron chi connectivity index (χ2n) is 19.8. The fourth-order valence-corrected chi connectivity index (χ4v) is 9.57. The lowest BCUT2D eigenvalue weighted by Crippen LogP contribution is -2.61. The average molecular weight is 771 g/mol. The minimum absolute atomic E-state index is 0.0176. The van der Waals surface area contributed by atoms with Crippen LogP contribution in [0.5, 0.6) is 0 Å². The molecule has 0 atom stereocenters. The maximum atomic E-state index is 8.93. The Bertz CT molecular complexity index is 3010. The monoisotopic (exact) mass is 770 g/mol. The third-order valence-corrected chi connectivity index (χ3v) is 12.7. The van der Waals surface area contributed by atoms with Gasteiger partial charge in [0.25, 0.3) is 6.71 Å². The van der Waals surface area contributed by atoms with E-state index in [1.54, 1.807) is 0 Å². The molecule has 4 heteroatoms. The van der Waals surface area contributed by atoms with Gasteiger partial charge in [0.05, 0.1) is 11.0 Å². The molecule has 7 aromatic carbocycles. The first-order chi connectivity index (χ1) is 29.3. The zero-order chi connectivity index (χ0) is 43.7. The minimum Gasteiger partial charge on any atom is -0.311 e. The maximum Gasteiger partial charge on any atom is 0.252 e. The van der Waals surface area contributed by atoms with Gasteiger partial charge in [0.1, 0.15) is 0 Å². The van der Waals surface area contributed by atoms with Gasteiger partial charge >= 0.3 is 0 Å². The Morgan fingerprint density at radius 1 is 0.424 bits per heavy atom. The van der Waals surface area contributed by atoms with Crippen LogP contribution >= 0.6 is 0 Å². The van der Waals surface area contributed by atoms with Crippen LogP contribution in [0, 0.1) is 6.85 Å². The molecule has 8 aromatic rings. The van der Waals surface area contributed by atoms with E-state index in [9.17, 15) is 0 Å². The Morgan fingerprint density at radius 3 is 1.41 bits per heavy atom. The number of fused-ring (bicyclic) bond motifs is 7. The third-order valence-electron chi connectivity index (χ3n) is 12.7. The Morgan fingerprint density at radius 2 is 0.898 bits per heavy atom. The molecule has 0 saturated heterocycles.